The van der Waals surface area contributed by atoms with Crippen LogP contribution < -0.4 is 10.9 Å². The lowest BCUT2D eigenvalue weighted by Crippen LogP contribution is -2.26. The van der Waals surface area contributed by atoms with Crippen LogP contribution in [-0.4, -0.2) is 27.9 Å². The topological polar surface area (TPSA) is 89.8 Å². The largest absolute Gasteiger partial charge is 0.462 e. The first-order chi connectivity index (χ1) is 13.9. The lowest BCUT2D eigenvalue weighted by molar-refractivity contribution is -0.120. The number of carbonyl (C=O) groups is 2. The van der Waals surface area contributed by atoms with Crippen LogP contribution in [0.25, 0.3) is 16.4 Å². The number of rotatable bonds is 6. The summed E-state index contributed by atoms with van der Waals surface area (Å²) in [5.74, 6) is -0.592. The van der Waals surface area contributed by atoms with E-state index in [-0.39, 0.29) is 29.9 Å². The summed E-state index contributed by atoms with van der Waals surface area (Å²) in [7, 11) is 0. The van der Waals surface area contributed by atoms with E-state index in [1.807, 2.05) is 19.1 Å². The quantitative estimate of drug-likeness (QED) is 0.508. The molecule has 2 aromatic heterocycles. The molecule has 0 aliphatic rings. The molecule has 152 valence electrons. The molecule has 0 saturated carbocycles. The third kappa shape index (κ3) is 3.85. The number of nitrogens with one attached hydrogen (secondary N) is 1. The molecule has 0 bridgehead atoms. The van der Waals surface area contributed by atoms with Crippen LogP contribution in [0.5, 0.6) is 0 Å². The molecular formula is C22H25N3O4. The molecule has 3 aromatic rings. The molecule has 1 amide bonds. The number of hydrogen-bond acceptors (Lipinski definition) is 5. The van der Waals surface area contributed by atoms with E-state index in [1.165, 1.54) is 10.6 Å². The molecule has 7 heteroatoms. The first kappa shape index (κ1) is 20.5. The van der Waals surface area contributed by atoms with Crippen LogP contribution in [0, 0.1) is 11.8 Å². The molecule has 0 fully saturated rings. The summed E-state index contributed by atoms with van der Waals surface area (Å²) in [6.07, 6.45) is 3.72. The number of amides is 1. The maximum Gasteiger partial charge on any atom is 0.345 e. The smallest absolute Gasteiger partial charge is 0.345 e. The van der Waals surface area contributed by atoms with E-state index in [9.17, 15) is 14.4 Å². The van der Waals surface area contributed by atoms with Gasteiger partial charge in [-0.3, -0.25) is 14.0 Å². The highest BCUT2D eigenvalue weighted by Crippen LogP contribution is 2.27. The molecule has 2 heterocycles. The molecule has 0 radical (unpaired) electrons. The highest BCUT2D eigenvalue weighted by atomic mass is 16.5. The zero-order valence-corrected chi connectivity index (χ0v) is 17.1. The minimum atomic E-state index is -0.695. The Bertz CT molecular complexity index is 1140. The van der Waals surface area contributed by atoms with Crippen LogP contribution in [0.3, 0.4) is 0 Å². The number of esters is 1. The van der Waals surface area contributed by atoms with Gasteiger partial charge in [-0.15, -0.1) is 0 Å². The molecule has 0 aliphatic carbocycles. The Morgan fingerprint density at radius 2 is 1.93 bits per heavy atom. The first-order valence-corrected chi connectivity index (χ1v) is 9.80. The van der Waals surface area contributed by atoms with Crippen molar-refractivity contribution in [1.82, 2.24) is 9.38 Å². The first-order valence-electron chi connectivity index (χ1n) is 9.80. The minimum absolute atomic E-state index is 0.0465. The van der Waals surface area contributed by atoms with Crippen LogP contribution in [0.1, 0.15) is 44.5 Å². The molecule has 0 aliphatic heterocycles. The highest BCUT2D eigenvalue weighted by molar-refractivity contribution is 6.06. The van der Waals surface area contributed by atoms with Gasteiger partial charge in [-0.25, -0.2) is 9.78 Å². The predicted octanol–water partition coefficient (Wildman–Crippen LogP) is 3.65. The Kier molecular flexibility index (Phi) is 5.96. The summed E-state index contributed by atoms with van der Waals surface area (Å²) in [4.78, 5) is 41.6. The Morgan fingerprint density at radius 1 is 1.17 bits per heavy atom. The maximum atomic E-state index is 12.7. The number of fused-ring (bicyclic) bond motifs is 3. The fourth-order valence-electron chi connectivity index (χ4n) is 3.21. The number of nitrogens with zero attached hydrogens (tertiary/aromatic N) is 2. The summed E-state index contributed by atoms with van der Waals surface area (Å²) in [6, 6.07) is 7.20. The van der Waals surface area contributed by atoms with Crippen molar-refractivity contribution in [3.63, 3.8) is 0 Å². The molecule has 29 heavy (non-hydrogen) atoms. The normalized spacial score (nSPS) is 13.2. The number of pyridine rings is 1. The van der Waals surface area contributed by atoms with E-state index in [2.05, 4.69) is 24.1 Å². The van der Waals surface area contributed by atoms with Gasteiger partial charge in [-0.1, -0.05) is 39.3 Å². The van der Waals surface area contributed by atoms with E-state index in [4.69, 9.17) is 4.74 Å². The molecule has 3 rings (SSSR count). The second-order valence-electron chi connectivity index (χ2n) is 7.14. The van der Waals surface area contributed by atoms with Crippen LogP contribution in [0.4, 0.5) is 5.69 Å². The van der Waals surface area contributed by atoms with Gasteiger partial charge in [-0.05, 0) is 25.0 Å². The van der Waals surface area contributed by atoms with Crippen molar-refractivity contribution in [3.05, 3.63) is 52.6 Å². The predicted molar refractivity (Wildman–Crippen MR) is 112 cm³/mol. The summed E-state index contributed by atoms with van der Waals surface area (Å²) in [6.45, 7) is 7.89. The second kappa shape index (κ2) is 8.43. The maximum absolute atomic E-state index is 12.7. The number of carbonyl (C=O) groups excluding carboxylic acids is 2. The zero-order valence-electron chi connectivity index (χ0n) is 17.1. The standard InChI is InChI=1S/C22H25N3O4/c1-5-13(3)14(4)20(26)24-18-9-7-8-16-15(18)10-11-25-19(16)23-12-17(21(25)27)22(28)29-6-2/h7-14H,5-6H2,1-4H3,(H,24,26). The van der Waals surface area contributed by atoms with Gasteiger partial charge in [0, 0.05) is 34.8 Å². The average molecular weight is 395 g/mol. The van der Waals surface area contributed by atoms with Gasteiger partial charge in [-0.2, -0.15) is 0 Å². The lowest BCUT2D eigenvalue weighted by atomic mass is 9.93. The minimum Gasteiger partial charge on any atom is -0.462 e. The average Bonchev–Trinajstić information content (AvgIpc) is 2.72. The number of hydrogen-bond donors (Lipinski definition) is 1. The van der Waals surface area contributed by atoms with E-state index in [0.717, 1.165) is 11.8 Å². The Labute approximate surface area is 168 Å². The number of aromatic nitrogens is 2. The second-order valence-corrected chi connectivity index (χ2v) is 7.14. The Morgan fingerprint density at radius 3 is 2.62 bits per heavy atom. The Balaban J connectivity index is 2.07. The number of benzene rings is 1. The van der Waals surface area contributed by atoms with E-state index in [1.54, 1.807) is 25.3 Å². The molecule has 1 N–H and O–H groups in total. The van der Waals surface area contributed by atoms with Crippen LogP contribution in [0.15, 0.2) is 41.5 Å². The van der Waals surface area contributed by atoms with Gasteiger partial charge in [0.25, 0.3) is 5.56 Å². The van der Waals surface area contributed by atoms with E-state index < -0.39 is 11.5 Å². The van der Waals surface area contributed by atoms with Gasteiger partial charge >= 0.3 is 5.97 Å². The fraction of sp³-hybridized carbons (Fsp3) is 0.364. The Hall–Kier alpha value is -3.22. The SMILES string of the molecule is CCOC(=O)c1cnc2c3cccc(NC(=O)C(C)C(C)CC)c3ccn2c1=O. The molecule has 2 unspecified atom stereocenters. The van der Waals surface area contributed by atoms with Crippen LogP contribution in [0.2, 0.25) is 0 Å². The van der Waals surface area contributed by atoms with E-state index in [0.29, 0.717) is 16.7 Å². The van der Waals surface area contributed by atoms with Crippen molar-refractivity contribution in [2.24, 2.45) is 11.8 Å². The van der Waals surface area contributed by atoms with Gasteiger partial charge < -0.3 is 10.1 Å². The molecule has 7 nitrogen and oxygen atoms in total. The zero-order chi connectivity index (χ0) is 21.1. The third-order valence-electron chi connectivity index (χ3n) is 5.39. The van der Waals surface area contributed by atoms with Crippen molar-refractivity contribution in [3.8, 4) is 0 Å². The fourth-order valence-corrected chi connectivity index (χ4v) is 3.21. The summed E-state index contributed by atoms with van der Waals surface area (Å²) in [5.41, 5.74) is 0.464. The van der Waals surface area contributed by atoms with Crippen molar-refractivity contribution in [1.29, 1.82) is 0 Å². The molecule has 1 aromatic carbocycles. The molecule has 0 saturated heterocycles. The van der Waals surface area contributed by atoms with Crippen molar-refractivity contribution in [2.45, 2.75) is 34.1 Å². The number of ether oxygens (including phenoxy) is 1. The van der Waals surface area contributed by atoms with Gasteiger partial charge in [0.1, 0.15) is 11.2 Å². The monoisotopic (exact) mass is 395 g/mol. The van der Waals surface area contributed by atoms with Gasteiger partial charge in [0.15, 0.2) is 0 Å². The summed E-state index contributed by atoms with van der Waals surface area (Å²) in [5, 5.41) is 4.47. The summed E-state index contributed by atoms with van der Waals surface area (Å²) >= 11 is 0. The molecular weight excluding hydrogens is 370 g/mol. The molecule has 0 spiro atoms. The van der Waals surface area contributed by atoms with Gasteiger partial charge in [0.2, 0.25) is 5.91 Å². The summed E-state index contributed by atoms with van der Waals surface area (Å²) < 4.78 is 6.24. The van der Waals surface area contributed by atoms with Crippen LogP contribution in [-0.2, 0) is 9.53 Å². The van der Waals surface area contributed by atoms with Gasteiger partial charge in [0.05, 0.1) is 6.61 Å². The van der Waals surface area contributed by atoms with E-state index >= 15 is 0 Å². The van der Waals surface area contributed by atoms with Crippen LogP contribution >= 0.6 is 0 Å². The van der Waals surface area contributed by atoms with Crippen molar-refractivity contribution in [2.75, 3.05) is 11.9 Å². The highest BCUT2D eigenvalue weighted by Gasteiger charge is 2.20. The van der Waals surface area contributed by atoms with Crippen molar-refractivity contribution < 1.29 is 14.3 Å². The third-order valence-corrected chi connectivity index (χ3v) is 5.39. The molecule has 2 atom stereocenters. The lowest BCUT2D eigenvalue weighted by Gasteiger charge is -2.18. The van der Waals surface area contributed by atoms with Crippen molar-refractivity contribution >= 4 is 34.0 Å². The number of anilines is 1.